The Morgan fingerprint density at radius 1 is 0.795 bits per heavy atom. The number of carbonyl (C=O) groups excluding carboxylic acids is 1. The van der Waals surface area contributed by atoms with E-state index in [-0.39, 0.29) is 5.91 Å². The fourth-order valence-electron chi connectivity index (χ4n) is 4.68. The van der Waals surface area contributed by atoms with Crippen molar-refractivity contribution in [2.45, 2.75) is 18.9 Å². The van der Waals surface area contributed by atoms with Gasteiger partial charge in [0.15, 0.2) is 0 Å². The monoisotopic (exact) mass is 515 g/mol. The van der Waals surface area contributed by atoms with Crippen LogP contribution in [0.25, 0.3) is 10.8 Å². The highest BCUT2D eigenvalue weighted by Gasteiger charge is 2.21. The number of carbonyl (C=O) groups is 2. The molecule has 1 aromatic heterocycles. The molecule has 4 aromatic carbocycles. The van der Waals surface area contributed by atoms with E-state index in [4.69, 9.17) is 0 Å². The summed E-state index contributed by atoms with van der Waals surface area (Å²) in [6, 6.07) is 32.7. The first-order valence-corrected chi connectivity index (χ1v) is 12.9. The summed E-state index contributed by atoms with van der Waals surface area (Å²) in [6.45, 7) is 1.11. The normalized spacial score (nSPS) is 11.7. The van der Waals surface area contributed by atoms with Gasteiger partial charge in [0, 0.05) is 36.6 Å². The van der Waals surface area contributed by atoms with Gasteiger partial charge in [0.05, 0.1) is 11.5 Å². The van der Waals surface area contributed by atoms with Crippen LogP contribution in [0.1, 0.15) is 38.5 Å². The molecule has 1 heterocycles. The summed E-state index contributed by atoms with van der Waals surface area (Å²) in [5.74, 6) is -1.47. The number of carboxylic acid groups (broad SMARTS) is 1. The molecule has 0 spiro atoms. The van der Waals surface area contributed by atoms with E-state index in [0.717, 1.165) is 38.7 Å². The number of carboxylic acids is 1. The molecule has 0 aliphatic heterocycles. The first kappa shape index (κ1) is 25.8. The van der Waals surface area contributed by atoms with Gasteiger partial charge in [-0.1, -0.05) is 78.9 Å². The molecule has 5 aromatic rings. The van der Waals surface area contributed by atoms with Gasteiger partial charge in [-0.15, -0.1) is 0 Å². The first-order chi connectivity index (χ1) is 19.1. The average molecular weight is 516 g/mol. The van der Waals surface area contributed by atoms with Gasteiger partial charge in [-0.25, -0.2) is 4.79 Å². The summed E-state index contributed by atoms with van der Waals surface area (Å²) < 4.78 is 0. The quantitative estimate of drug-likeness (QED) is 0.211. The molecule has 1 unspecified atom stereocenters. The molecule has 0 aliphatic carbocycles. The molecule has 39 heavy (non-hydrogen) atoms. The Morgan fingerprint density at radius 2 is 1.56 bits per heavy atom. The lowest BCUT2D eigenvalue weighted by Gasteiger charge is -2.19. The minimum absolute atomic E-state index is 0.104. The fraction of sp³-hybridized carbons (Fsp3) is 0.121. The SMILES string of the molecule is O=C(O)c1ccccc1Cc1ccc(C(CNCc2ccccc2)C(=O)Nc2ccc3cnccc3c2)cc1. The van der Waals surface area contributed by atoms with Crippen molar-refractivity contribution in [3.05, 3.63) is 143 Å². The largest absolute Gasteiger partial charge is 0.478 e. The highest BCUT2D eigenvalue weighted by Crippen LogP contribution is 2.23. The number of rotatable bonds is 10. The molecule has 1 amide bonds. The maximum absolute atomic E-state index is 13.6. The number of anilines is 1. The average Bonchev–Trinajstić information content (AvgIpc) is 2.96. The van der Waals surface area contributed by atoms with Gasteiger partial charge in [0.1, 0.15) is 0 Å². The lowest BCUT2D eigenvalue weighted by atomic mass is 9.94. The van der Waals surface area contributed by atoms with Crippen molar-refractivity contribution < 1.29 is 14.7 Å². The van der Waals surface area contributed by atoms with Crippen LogP contribution in [0.2, 0.25) is 0 Å². The zero-order valence-corrected chi connectivity index (χ0v) is 21.4. The van der Waals surface area contributed by atoms with Crippen molar-refractivity contribution in [3.63, 3.8) is 0 Å². The van der Waals surface area contributed by atoms with E-state index in [0.29, 0.717) is 25.1 Å². The number of nitrogens with zero attached hydrogens (tertiary/aromatic N) is 1. The molecule has 194 valence electrons. The van der Waals surface area contributed by atoms with Crippen molar-refractivity contribution in [3.8, 4) is 0 Å². The van der Waals surface area contributed by atoms with Crippen LogP contribution in [0.15, 0.2) is 116 Å². The first-order valence-electron chi connectivity index (χ1n) is 12.9. The van der Waals surface area contributed by atoms with Crippen molar-refractivity contribution in [2.24, 2.45) is 0 Å². The zero-order chi connectivity index (χ0) is 27.0. The second-order valence-corrected chi connectivity index (χ2v) is 9.48. The van der Waals surface area contributed by atoms with E-state index in [1.165, 1.54) is 0 Å². The summed E-state index contributed by atoms with van der Waals surface area (Å²) in [6.07, 6.45) is 4.03. The smallest absolute Gasteiger partial charge is 0.335 e. The minimum atomic E-state index is -0.937. The molecule has 5 rings (SSSR count). The van der Waals surface area contributed by atoms with Crippen LogP contribution < -0.4 is 10.6 Å². The van der Waals surface area contributed by atoms with Crippen LogP contribution in [-0.4, -0.2) is 28.5 Å². The Hall–Kier alpha value is -4.81. The molecular formula is C33H29N3O3. The highest BCUT2D eigenvalue weighted by molar-refractivity contribution is 5.98. The lowest BCUT2D eigenvalue weighted by Crippen LogP contribution is -2.30. The molecule has 3 N–H and O–H groups in total. The fourth-order valence-corrected chi connectivity index (χ4v) is 4.68. The van der Waals surface area contributed by atoms with Crippen LogP contribution in [0.5, 0.6) is 0 Å². The molecule has 0 bridgehead atoms. The van der Waals surface area contributed by atoms with Gasteiger partial charge >= 0.3 is 5.97 Å². The number of fused-ring (bicyclic) bond motifs is 1. The van der Waals surface area contributed by atoms with Gasteiger partial charge in [0.25, 0.3) is 0 Å². The van der Waals surface area contributed by atoms with E-state index < -0.39 is 11.9 Å². The molecule has 6 heteroatoms. The number of hydrogen-bond donors (Lipinski definition) is 3. The predicted molar refractivity (Wildman–Crippen MR) is 154 cm³/mol. The number of pyridine rings is 1. The molecular weight excluding hydrogens is 486 g/mol. The Bertz CT molecular complexity index is 1580. The summed E-state index contributed by atoms with van der Waals surface area (Å²) in [4.78, 5) is 29.3. The molecule has 0 saturated carbocycles. The molecule has 0 radical (unpaired) electrons. The van der Waals surface area contributed by atoms with Crippen molar-refractivity contribution >= 4 is 28.3 Å². The summed E-state index contributed by atoms with van der Waals surface area (Å²) >= 11 is 0. The van der Waals surface area contributed by atoms with Crippen LogP contribution >= 0.6 is 0 Å². The van der Waals surface area contributed by atoms with Crippen LogP contribution in [0.3, 0.4) is 0 Å². The van der Waals surface area contributed by atoms with E-state index in [2.05, 4.69) is 27.8 Å². The Morgan fingerprint density at radius 3 is 2.36 bits per heavy atom. The topological polar surface area (TPSA) is 91.3 Å². The van der Waals surface area contributed by atoms with Gasteiger partial charge in [-0.05, 0) is 58.3 Å². The third-order valence-electron chi connectivity index (χ3n) is 6.77. The van der Waals surface area contributed by atoms with E-state index >= 15 is 0 Å². The second kappa shape index (κ2) is 12.2. The standard InChI is InChI=1S/C33H29N3O3/c37-32(36-29-15-14-28-21-34-17-16-26(28)19-29)31(22-35-20-24-6-2-1-3-7-24)25-12-10-23(11-13-25)18-27-8-4-5-9-30(27)33(38)39/h1-17,19,21,31,35H,18,20,22H2,(H,36,37)(H,38,39). The van der Waals surface area contributed by atoms with Crippen molar-refractivity contribution in [1.29, 1.82) is 0 Å². The van der Waals surface area contributed by atoms with Gasteiger partial charge in [-0.2, -0.15) is 0 Å². The second-order valence-electron chi connectivity index (χ2n) is 9.48. The highest BCUT2D eigenvalue weighted by atomic mass is 16.4. The Balaban J connectivity index is 1.35. The zero-order valence-electron chi connectivity index (χ0n) is 21.4. The van der Waals surface area contributed by atoms with E-state index in [1.54, 1.807) is 24.5 Å². The van der Waals surface area contributed by atoms with Crippen LogP contribution in [0.4, 0.5) is 5.69 Å². The van der Waals surface area contributed by atoms with Gasteiger partial charge in [-0.3, -0.25) is 9.78 Å². The number of nitrogens with one attached hydrogen (secondary N) is 2. The summed E-state index contributed by atoms with van der Waals surface area (Å²) in [5.41, 5.74) is 4.79. The molecule has 1 atom stereocenters. The van der Waals surface area contributed by atoms with Gasteiger partial charge in [0.2, 0.25) is 5.91 Å². The molecule has 6 nitrogen and oxygen atoms in total. The van der Waals surface area contributed by atoms with E-state index in [9.17, 15) is 14.7 Å². The third kappa shape index (κ3) is 6.55. The lowest BCUT2D eigenvalue weighted by molar-refractivity contribution is -0.117. The number of benzene rings is 4. The van der Waals surface area contributed by atoms with E-state index in [1.807, 2.05) is 78.9 Å². The van der Waals surface area contributed by atoms with Crippen LogP contribution in [0, 0.1) is 0 Å². The predicted octanol–water partition coefficient (Wildman–Crippen LogP) is 6.04. The Labute approximate surface area is 227 Å². The maximum atomic E-state index is 13.6. The van der Waals surface area contributed by atoms with Crippen LogP contribution in [-0.2, 0) is 17.8 Å². The molecule has 0 fully saturated rings. The minimum Gasteiger partial charge on any atom is -0.478 e. The van der Waals surface area contributed by atoms with Gasteiger partial charge < -0.3 is 15.7 Å². The summed E-state index contributed by atoms with van der Waals surface area (Å²) in [5, 5.41) is 18.1. The van der Waals surface area contributed by atoms with Crippen molar-refractivity contribution in [2.75, 3.05) is 11.9 Å². The van der Waals surface area contributed by atoms with Crippen molar-refractivity contribution in [1.82, 2.24) is 10.3 Å². The number of amides is 1. The molecule has 0 aliphatic rings. The third-order valence-corrected chi connectivity index (χ3v) is 6.77. The number of aromatic nitrogens is 1. The summed E-state index contributed by atoms with van der Waals surface area (Å²) in [7, 11) is 0. The Kier molecular flexibility index (Phi) is 8.05. The molecule has 0 saturated heterocycles. The number of hydrogen-bond acceptors (Lipinski definition) is 4. The maximum Gasteiger partial charge on any atom is 0.335 e. The number of aromatic carboxylic acids is 1.